The molecule has 0 aromatic rings. The van der Waals surface area contributed by atoms with Crippen molar-refractivity contribution >= 4 is 23.7 Å². The maximum Gasteiger partial charge on any atom is 0.410 e. The summed E-state index contributed by atoms with van der Waals surface area (Å²) in [5, 5.41) is 0. The fraction of sp³-hybridized carbons (Fsp3) is 0.846. The highest BCUT2D eigenvalue weighted by Gasteiger charge is 2.61. The van der Waals surface area contributed by atoms with E-state index < -0.39 is 5.60 Å². The summed E-state index contributed by atoms with van der Waals surface area (Å²) in [6.45, 7) is 6.14. The molecule has 1 saturated heterocycles. The van der Waals surface area contributed by atoms with Gasteiger partial charge in [0.05, 0.1) is 12.0 Å². The van der Waals surface area contributed by atoms with Crippen molar-refractivity contribution in [2.45, 2.75) is 45.3 Å². The van der Waals surface area contributed by atoms with Crippen molar-refractivity contribution in [3.05, 3.63) is 0 Å². The minimum atomic E-state index is -0.523. The molecule has 2 rings (SSSR count). The van der Waals surface area contributed by atoms with Crippen molar-refractivity contribution in [3.8, 4) is 0 Å². The number of esters is 1. The molecule has 0 N–H and O–H groups in total. The van der Waals surface area contributed by atoms with Crippen LogP contribution in [0.1, 0.15) is 33.6 Å². The number of likely N-dealkylation sites (tertiary alicyclic amines) is 1. The van der Waals surface area contributed by atoms with Gasteiger partial charge in [0.25, 0.3) is 0 Å². The Morgan fingerprint density at radius 1 is 1.37 bits per heavy atom. The number of alkyl halides is 1. The van der Waals surface area contributed by atoms with E-state index >= 15 is 0 Å². The molecule has 0 aromatic carbocycles. The van der Waals surface area contributed by atoms with Crippen LogP contribution in [0.15, 0.2) is 0 Å². The molecule has 2 fully saturated rings. The fourth-order valence-electron chi connectivity index (χ4n) is 2.78. The number of fused-ring (bicyclic) bond motifs is 1. The normalized spacial score (nSPS) is 29.5. The van der Waals surface area contributed by atoms with Gasteiger partial charge in [0, 0.05) is 6.54 Å². The number of carbonyl (C=O) groups excluding carboxylic acids is 2. The first-order valence-corrected chi connectivity index (χ1v) is 7.11. The lowest BCUT2D eigenvalue weighted by Gasteiger charge is -2.29. The second kappa shape index (κ2) is 5.19. The Morgan fingerprint density at radius 2 is 2.05 bits per heavy atom. The largest absolute Gasteiger partial charge is 0.449 e. The molecule has 19 heavy (non-hydrogen) atoms. The van der Waals surface area contributed by atoms with Crippen LogP contribution in [0.2, 0.25) is 0 Å². The molecule has 0 radical (unpaired) electrons. The van der Waals surface area contributed by atoms with Gasteiger partial charge in [0.2, 0.25) is 0 Å². The summed E-state index contributed by atoms with van der Waals surface area (Å²) < 4.78 is 10.2. The summed E-state index contributed by atoms with van der Waals surface area (Å²) in [6.07, 6.45) is 1.50. The van der Waals surface area contributed by atoms with Crippen LogP contribution in [0.25, 0.3) is 0 Å². The molecule has 2 aliphatic rings. The molecule has 3 unspecified atom stereocenters. The van der Waals surface area contributed by atoms with Crippen molar-refractivity contribution in [3.63, 3.8) is 0 Å². The molecule has 0 aromatic heterocycles. The Labute approximate surface area is 118 Å². The van der Waals surface area contributed by atoms with Gasteiger partial charge in [-0.05, 0) is 39.5 Å². The zero-order valence-electron chi connectivity index (χ0n) is 11.5. The van der Waals surface area contributed by atoms with Gasteiger partial charge in [-0.15, -0.1) is 0 Å². The van der Waals surface area contributed by atoms with Crippen LogP contribution in [0.3, 0.4) is 0 Å². The summed E-state index contributed by atoms with van der Waals surface area (Å²) in [4.78, 5) is 25.5. The van der Waals surface area contributed by atoms with Crippen molar-refractivity contribution in [2.75, 3.05) is 12.6 Å². The number of nitrogens with zero attached hydrogens (tertiary/aromatic N) is 1. The predicted octanol–water partition coefficient (Wildman–Crippen LogP) is 2.37. The highest BCUT2D eigenvalue weighted by atomic mass is 35.5. The Morgan fingerprint density at radius 3 is 2.63 bits per heavy atom. The average Bonchev–Trinajstić information content (AvgIpc) is 3.00. The molecule has 0 spiro atoms. The van der Waals surface area contributed by atoms with E-state index in [4.69, 9.17) is 21.1 Å². The Balaban J connectivity index is 1.99. The Kier molecular flexibility index (Phi) is 3.95. The second-order valence-corrected chi connectivity index (χ2v) is 6.29. The molecular weight excluding hydrogens is 270 g/mol. The molecule has 1 amide bonds. The highest BCUT2D eigenvalue weighted by Crippen LogP contribution is 2.50. The SMILES string of the molecule is CC(C)(C)OC(=O)N1CCCC2C(C(=O)OCCl)C21. The molecule has 3 atom stereocenters. The predicted molar refractivity (Wildman–Crippen MR) is 69.8 cm³/mol. The third kappa shape index (κ3) is 3.14. The monoisotopic (exact) mass is 289 g/mol. The molecular formula is C13H20ClNO4. The van der Waals surface area contributed by atoms with Crippen LogP contribution < -0.4 is 0 Å². The first kappa shape index (κ1) is 14.4. The lowest BCUT2D eigenvalue weighted by atomic mass is 10.1. The van der Waals surface area contributed by atoms with Gasteiger partial charge in [-0.2, -0.15) is 0 Å². The van der Waals surface area contributed by atoms with E-state index in [2.05, 4.69) is 0 Å². The van der Waals surface area contributed by atoms with Gasteiger partial charge in [-0.3, -0.25) is 4.79 Å². The van der Waals surface area contributed by atoms with Gasteiger partial charge < -0.3 is 14.4 Å². The Hall–Kier alpha value is -0.970. The molecule has 0 bridgehead atoms. The molecule has 6 heteroatoms. The molecule has 5 nitrogen and oxygen atoms in total. The number of piperidine rings is 1. The molecule has 1 aliphatic carbocycles. The summed E-state index contributed by atoms with van der Waals surface area (Å²) in [5.41, 5.74) is -0.523. The third-order valence-electron chi connectivity index (χ3n) is 3.52. The van der Waals surface area contributed by atoms with Crippen LogP contribution in [0.4, 0.5) is 4.79 Å². The Bertz CT molecular complexity index is 379. The zero-order valence-corrected chi connectivity index (χ0v) is 12.3. The van der Waals surface area contributed by atoms with Gasteiger partial charge >= 0.3 is 12.1 Å². The van der Waals surface area contributed by atoms with Crippen LogP contribution in [0, 0.1) is 11.8 Å². The lowest BCUT2D eigenvalue weighted by Crippen LogP contribution is -2.41. The molecule has 1 aliphatic heterocycles. The fourth-order valence-corrected chi connectivity index (χ4v) is 2.88. The zero-order chi connectivity index (χ0) is 14.2. The number of halogens is 1. The van der Waals surface area contributed by atoms with Crippen molar-refractivity contribution in [2.24, 2.45) is 11.8 Å². The van der Waals surface area contributed by atoms with E-state index in [1.165, 1.54) is 0 Å². The highest BCUT2D eigenvalue weighted by molar-refractivity contribution is 6.17. The van der Waals surface area contributed by atoms with Crippen LogP contribution >= 0.6 is 11.6 Å². The summed E-state index contributed by atoms with van der Waals surface area (Å²) in [6, 6.07) is -0.208. The van der Waals surface area contributed by atoms with Crippen LogP contribution in [-0.2, 0) is 14.3 Å². The summed E-state index contributed by atoms with van der Waals surface area (Å²) in [5.74, 6) is -0.328. The summed E-state index contributed by atoms with van der Waals surface area (Å²) >= 11 is 5.40. The van der Waals surface area contributed by atoms with Crippen molar-refractivity contribution in [1.29, 1.82) is 0 Å². The number of hydrogen-bond acceptors (Lipinski definition) is 4. The first-order chi connectivity index (χ1) is 8.85. The minimum Gasteiger partial charge on any atom is -0.449 e. The average molecular weight is 290 g/mol. The summed E-state index contributed by atoms with van der Waals surface area (Å²) in [7, 11) is 0. The number of rotatable bonds is 2. The number of hydrogen-bond donors (Lipinski definition) is 0. The minimum absolute atomic E-state index is 0.0701. The number of amides is 1. The topological polar surface area (TPSA) is 55.8 Å². The standard InChI is InChI=1S/C13H20ClNO4/c1-13(2,3)19-12(17)15-6-4-5-8-9(10(8)15)11(16)18-7-14/h8-10H,4-7H2,1-3H3. The maximum atomic E-state index is 12.1. The van der Waals surface area contributed by atoms with Crippen molar-refractivity contribution < 1.29 is 19.1 Å². The second-order valence-electron chi connectivity index (χ2n) is 6.07. The maximum absolute atomic E-state index is 12.1. The lowest BCUT2D eigenvalue weighted by molar-refractivity contribution is -0.143. The molecule has 108 valence electrons. The molecule has 1 saturated carbocycles. The smallest absolute Gasteiger partial charge is 0.410 e. The van der Waals surface area contributed by atoms with E-state index in [1.54, 1.807) is 4.90 Å². The van der Waals surface area contributed by atoms with E-state index in [0.717, 1.165) is 12.8 Å². The number of ether oxygens (including phenoxy) is 2. The third-order valence-corrected chi connectivity index (χ3v) is 3.63. The number of carbonyl (C=O) groups is 2. The van der Waals surface area contributed by atoms with E-state index in [9.17, 15) is 9.59 Å². The first-order valence-electron chi connectivity index (χ1n) is 6.57. The van der Waals surface area contributed by atoms with Gasteiger partial charge in [0.1, 0.15) is 5.60 Å². The van der Waals surface area contributed by atoms with Crippen molar-refractivity contribution in [1.82, 2.24) is 4.90 Å². The quantitative estimate of drug-likeness (QED) is 0.578. The molecule has 1 heterocycles. The van der Waals surface area contributed by atoms with Gasteiger partial charge in [-0.1, -0.05) is 11.6 Å². The van der Waals surface area contributed by atoms with Crippen LogP contribution in [0.5, 0.6) is 0 Å². The van der Waals surface area contributed by atoms with E-state index in [0.29, 0.717) is 6.54 Å². The van der Waals surface area contributed by atoms with Gasteiger partial charge in [-0.25, -0.2) is 4.79 Å². The van der Waals surface area contributed by atoms with E-state index in [1.807, 2.05) is 20.8 Å². The van der Waals surface area contributed by atoms with Gasteiger partial charge in [0.15, 0.2) is 6.07 Å². The van der Waals surface area contributed by atoms with E-state index in [-0.39, 0.29) is 36.0 Å². The van der Waals surface area contributed by atoms with Crippen LogP contribution in [-0.4, -0.2) is 41.2 Å².